The summed E-state index contributed by atoms with van der Waals surface area (Å²) in [6.45, 7) is 7.64. The summed E-state index contributed by atoms with van der Waals surface area (Å²) in [6.07, 6.45) is 5.36. The summed E-state index contributed by atoms with van der Waals surface area (Å²) >= 11 is 0. The molecule has 0 saturated heterocycles. The molecular formula is C10H19NO2. The number of ether oxygens (including phenoxy) is 1. The molecule has 0 aliphatic carbocycles. The molecule has 1 amide bonds. The van der Waals surface area contributed by atoms with E-state index in [2.05, 4.69) is 0 Å². The van der Waals surface area contributed by atoms with E-state index in [1.807, 2.05) is 33.8 Å². The molecule has 0 aromatic heterocycles. The predicted molar refractivity (Wildman–Crippen MR) is 55.1 cm³/mol. The fourth-order valence-electron chi connectivity index (χ4n) is 0.546. The Hall–Kier alpha value is -1.25. The molecule has 0 atom stereocenters. The number of rotatable bonds is 4. The third-order valence-electron chi connectivity index (χ3n) is 0.997. The van der Waals surface area contributed by atoms with Crippen LogP contribution in [0.4, 0.5) is 0 Å². The second-order valence-corrected chi connectivity index (χ2v) is 1.95. The van der Waals surface area contributed by atoms with Crippen LogP contribution in [-0.2, 0) is 9.53 Å². The van der Waals surface area contributed by atoms with Crippen molar-refractivity contribution in [3.63, 3.8) is 0 Å². The molecule has 0 heterocycles. The van der Waals surface area contributed by atoms with Crippen LogP contribution in [0.5, 0.6) is 0 Å². The second-order valence-electron chi connectivity index (χ2n) is 1.95. The number of hydrogen-bond acceptors (Lipinski definition) is 2. The normalized spacial score (nSPS) is 10.6. The van der Waals surface area contributed by atoms with E-state index in [0.29, 0.717) is 5.76 Å². The number of nitrogens with two attached hydrogens (primary N) is 1. The zero-order chi connectivity index (χ0) is 10.7. The van der Waals surface area contributed by atoms with Crippen LogP contribution in [0.1, 0.15) is 27.7 Å². The van der Waals surface area contributed by atoms with Crippen molar-refractivity contribution in [2.24, 2.45) is 5.73 Å². The SMILES string of the molecule is C/C=C\C(=C/C)OCC(N)=O.CC. The number of primary amides is 1. The smallest absolute Gasteiger partial charge is 0.255 e. The van der Waals surface area contributed by atoms with Crippen molar-refractivity contribution in [2.75, 3.05) is 6.61 Å². The highest BCUT2D eigenvalue weighted by Gasteiger charge is 1.94. The molecule has 3 heteroatoms. The Morgan fingerprint density at radius 1 is 1.38 bits per heavy atom. The summed E-state index contributed by atoms with van der Waals surface area (Å²) in [4.78, 5) is 10.3. The molecule has 13 heavy (non-hydrogen) atoms. The fourth-order valence-corrected chi connectivity index (χ4v) is 0.546. The van der Waals surface area contributed by atoms with Gasteiger partial charge in [0, 0.05) is 0 Å². The molecule has 0 aromatic rings. The summed E-state index contributed by atoms with van der Waals surface area (Å²) in [6, 6.07) is 0. The summed E-state index contributed by atoms with van der Waals surface area (Å²) in [5, 5.41) is 0. The first-order chi connectivity index (χ1) is 6.20. The molecule has 3 nitrogen and oxygen atoms in total. The van der Waals surface area contributed by atoms with Crippen molar-refractivity contribution in [1.82, 2.24) is 0 Å². The van der Waals surface area contributed by atoms with Crippen LogP contribution in [-0.4, -0.2) is 12.5 Å². The van der Waals surface area contributed by atoms with Gasteiger partial charge in [-0.1, -0.05) is 19.9 Å². The Kier molecular flexibility index (Phi) is 11.8. The van der Waals surface area contributed by atoms with Gasteiger partial charge in [0.1, 0.15) is 5.76 Å². The monoisotopic (exact) mass is 185 g/mol. The van der Waals surface area contributed by atoms with Gasteiger partial charge < -0.3 is 10.5 Å². The molecular weight excluding hydrogens is 166 g/mol. The maximum Gasteiger partial charge on any atom is 0.255 e. The molecule has 0 fully saturated rings. The van der Waals surface area contributed by atoms with Gasteiger partial charge in [-0.2, -0.15) is 0 Å². The van der Waals surface area contributed by atoms with Gasteiger partial charge >= 0.3 is 0 Å². The van der Waals surface area contributed by atoms with Crippen molar-refractivity contribution in [2.45, 2.75) is 27.7 Å². The van der Waals surface area contributed by atoms with Crippen LogP contribution in [0.15, 0.2) is 24.0 Å². The van der Waals surface area contributed by atoms with Gasteiger partial charge in [-0.25, -0.2) is 0 Å². The summed E-state index contributed by atoms with van der Waals surface area (Å²) < 4.78 is 4.99. The quantitative estimate of drug-likeness (QED) is 0.538. The van der Waals surface area contributed by atoms with Crippen LogP contribution < -0.4 is 5.73 Å². The van der Waals surface area contributed by atoms with E-state index >= 15 is 0 Å². The molecule has 0 saturated carbocycles. The number of carbonyl (C=O) groups excluding carboxylic acids is 1. The van der Waals surface area contributed by atoms with Crippen LogP contribution in [0.3, 0.4) is 0 Å². The molecule has 0 aliphatic heterocycles. The molecule has 0 unspecified atom stereocenters. The topological polar surface area (TPSA) is 52.3 Å². The fraction of sp³-hybridized carbons (Fsp3) is 0.500. The van der Waals surface area contributed by atoms with Gasteiger partial charge in [0.25, 0.3) is 5.91 Å². The highest BCUT2D eigenvalue weighted by atomic mass is 16.5. The van der Waals surface area contributed by atoms with E-state index < -0.39 is 5.91 Å². The van der Waals surface area contributed by atoms with E-state index in [0.717, 1.165) is 0 Å². The Bertz CT molecular complexity index is 183. The minimum atomic E-state index is -0.464. The first-order valence-electron chi connectivity index (χ1n) is 4.40. The van der Waals surface area contributed by atoms with Gasteiger partial charge in [-0.05, 0) is 26.0 Å². The predicted octanol–water partition coefficient (Wildman–Crippen LogP) is 1.99. The Morgan fingerprint density at radius 3 is 2.23 bits per heavy atom. The number of carbonyl (C=O) groups is 1. The minimum Gasteiger partial charge on any atom is -0.484 e. The Morgan fingerprint density at radius 2 is 1.92 bits per heavy atom. The molecule has 76 valence electrons. The largest absolute Gasteiger partial charge is 0.484 e. The van der Waals surface area contributed by atoms with Crippen LogP contribution in [0.2, 0.25) is 0 Å². The Balaban J connectivity index is 0. The van der Waals surface area contributed by atoms with Gasteiger partial charge in [0.15, 0.2) is 6.61 Å². The van der Waals surface area contributed by atoms with E-state index in [1.165, 1.54) is 0 Å². The second kappa shape index (κ2) is 10.8. The van der Waals surface area contributed by atoms with E-state index in [1.54, 1.807) is 12.2 Å². The maximum atomic E-state index is 10.3. The molecule has 0 rings (SSSR count). The van der Waals surface area contributed by atoms with Crippen LogP contribution in [0.25, 0.3) is 0 Å². The standard InChI is InChI=1S/C8H13NO2.C2H6/c1-3-5-7(4-2)11-6-8(9)10;1-2/h3-5H,6H2,1-2H3,(H2,9,10);1-2H3/b5-3-,7-4+;. The third-order valence-corrected chi connectivity index (χ3v) is 0.997. The lowest BCUT2D eigenvalue weighted by molar-refractivity contribution is -0.121. The van der Waals surface area contributed by atoms with E-state index in [-0.39, 0.29) is 6.61 Å². The van der Waals surface area contributed by atoms with Gasteiger partial charge in [-0.15, -0.1) is 0 Å². The first kappa shape index (κ1) is 14.3. The zero-order valence-corrected chi connectivity index (χ0v) is 8.83. The lowest BCUT2D eigenvalue weighted by atomic mass is 10.4. The number of amides is 1. The third kappa shape index (κ3) is 10.8. The maximum absolute atomic E-state index is 10.3. The number of hydrogen-bond donors (Lipinski definition) is 1. The number of allylic oxidation sites excluding steroid dienone is 3. The average molecular weight is 185 g/mol. The van der Waals surface area contributed by atoms with Crippen molar-refractivity contribution in [1.29, 1.82) is 0 Å². The average Bonchev–Trinajstić information content (AvgIpc) is 2.15. The molecule has 0 aromatic carbocycles. The molecule has 0 radical (unpaired) electrons. The summed E-state index contributed by atoms with van der Waals surface area (Å²) in [5.41, 5.74) is 4.88. The summed E-state index contributed by atoms with van der Waals surface area (Å²) in [5.74, 6) is 0.195. The highest BCUT2D eigenvalue weighted by Crippen LogP contribution is 1.97. The Labute approximate surface area is 80.3 Å². The lowest BCUT2D eigenvalue weighted by Crippen LogP contribution is -2.17. The highest BCUT2D eigenvalue weighted by molar-refractivity contribution is 5.75. The van der Waals surface area contributed by atoms with Crippen molar-refractivity contribution in [3.8, 4) is 0 Å². The minimum absolute atomic E-state index is 0.0655. The van der Waals surface area contributed by atoms with Gasteiger partial charge in [-0.3, -0.25) is 4.79 Å². The molecule has 0 spiro atoms. The first-order valence-corrected chi connectivity index (χ1v) is 4.40. The van der Waals surface area contributed by atoms with Crippen molar-refractivity contribution < 1.29 is 9.53 Å². The van der Waals surface area contributed by atoms with Crippen molar-refractivity contribution in [3.05, 3.63) is 24.0 Å². The molecule has 2 N–H and O–H groups in total. The van der Waals surface area contributed by atoms with Crippen LogP contribution in [0, 0.1) is 0 Å². The van der Waals surface area contributed by atoms with Crippen molar-refractivity contribution >= 4 is 5.91 Å². The van der Waals surface area contributed by atoms with Gasteiger partial charge in [0.05, 0.1) is 0 Å². The zero-order valence-electron chi connectivity index (χ0n) is 8.83. The van der Waals surface area contributed by atoms with Gasteiger partial charge in [0.2, 0.25) is 0 Å². The van der Waals surface area contributed by atoms with E-state index in [9.17, 15) is 4.79 Å². The lowest BCUT2D eigenvalue weighted by Gasteiger charge is -2.02. The van der Waals surface area contributed by atoms with Crippen LogP contribution >= 0.6 is 0 Å². The molecule has 0 bridgehead atoms. The summed E-state index contributed by atoms with van der Waals surface area (Å²) in [7, 11) is 0. The molecule has 0 aliphatic rings. The van der Waals surface area contributed by atoms with E-state index in [4.69, 9.17) is 10.5 Å².